The van der Waals surface area contributed by atoms with Crippen molar-refractivity contribution >= 4 is 0 Å². The van der Waals surface area contributed by atoms with Gasteiger partial charge in [0.25, 0.3) is 0 Å². The fraction of sp³-hybridized carbons (Fsp3) is 0.733. The molecule has 0 aromatic carbocycles. The van der Waals surface area contributed by atoms with Crippen LogP contribution >= 0.6 is 0 Å². The van der Waals surface area contributed by atoms with Crippen molar-refractivity contribution < 1.29 is 4.42 Å². The molecule has 2 heteroatoms. The first-order valence-corrected chi connectivity index (χ1v) is 6.99. The predicted molar refractivity (Wildman–Crippen MR) is 71.0 cm³/mol. The lowest BCUT2D eigenvalue weighted by atomic mass is 9.93. The van der Waals surface area contributed by atoms with Gasteiger partial charge in [0.1, 0.15) is 5.76 Å². The predicted octanol–water partition coefficient (Wildman–Crippen LogP) is 3.62. The topological polar surface area (TPSA) is 25.2 Å². The summed E-state index contributed by atoms with van der Waals surface area (Å²) in [5.41, 5.74) is 0. The number of hydrogen-bond donors (Lipinski definition) is 1. The Balaban J connectivity index is 1.81. The molecule has 1 aliphatic carbocycles. The molecule has 0 aliphatic heterocycles. The van der Waals surface area contributed by atoms with Crippen molar-refractivity contribution in [3.63, 3.8) is 0 Å². The number of nitrogens with one attached hydrogen (secondary N) is 1. The summed E-state index contributed by atoms with van der Waals surface area (Å²) in [4.78, 5) is 0. The molecule has 0 amide bonds. The molecule has 17 heavy (non-hydrogen) atoms. The zero-order valence-corrected chi connectivity index (χ0v) is 11.3. The van der Waals surface area contributed by atoms with Gasteiger partial charge < -0.3 is 9.73 Å². The Morgan fingerprint density at radius 1 is 1.47 bits per heavy atom. The summed E-state index contributed by atoms with van der Waals surface area (Å²) in [6, 6.07) is 5.23. The minimum absolute atomic E-state index is 0.504. The molecule has 2 nitrogen and oxygen atoms in total. The molecule has 1 heterocycles. The first-order chi connectivity index (χ1) is 8.20. The van der Waals surface area contributed by atoms with Crippen LogP contribution in [-0.4, -0.2) is 12.1 Å². The van der Waals surface area contributed by atoms with E-state index in [1.165, 1.54) is 19.3 Å². The molecule has 1 fully saturated rings. The van der Waals surface area contributed by atoms with Crippen LogP contribution in [0, 0.1) is 11.8 Å². The summed E-state index contributed by atoms with van der Waals surface area (Å²) in [7, 11) is 0. The lowest BCUT2D eigenvalue weighted by Gasteiger charge is -2.24. The minimum Gasteiger partial charge on any atom is -0.469 e. The van der Waals surface area contributed by atoms with E-state index in [2.05, 4.69) is 32.2 Å². The summed E-state index contributed by atoms with van der Waals surface area (Å²) < 4.78 is 5.40. The van der Waals surface area contributed by atoms with Gasteiger partial charge >= 0.3 is 0 Å². The second kappa shape index (κ2) is 5.72. The average molecular weight is 235 g/mol. The average Bonchev–Trinajstić information content (AvgIpc) is 2.90. The van der Waals surface area contributed by atoms with Gasteiger partial charge in [-0.05, 0) is 43.7 Å². The first-order valence-electron chi connectivity index (χ1n) is 6.99. The SMILES string of the molecule is CCC1CCC(NC(C)Cc2ccco2)C1C. The van der Waals surface area contributed by atoms with Crippen LogP contribution < -0.4 is 5.32 Å². The molecule has 4 atom stereocenters. The van der Waals surface area contributed by atoms with Gasteiger partial charge in [0, 0.05) is 18.5 Å². The standard InChI is InChI=1S/C15H25NO/c1-4-13-7-8-15(12(13)3)16-11(2)10-14-6-5-9-17-14/h5-6,9,11-13,15-16H,4,7-8,10H2,1-3H3. The van der Waals surface area contributed by atoms with Crippen molar-refractivity contribution in [1.82, 2.24) is 5.32 Å². The van der Waals surface area contributed by atoms with Gasteiger partial charge in [0.05, 0.1) is 6.26 Å². The Labute approximate surface area is 105 Å². The Morgan fingerprint density at radius 3 is 2.88 bits per heavy atom. The van der Waals surface area contributed by atoms with Crippen LogP contribution in [0.25, 0.3) is 0 Å². The quantitative estimate of drug-likeness (QED) is 0.843. The molecule has 96 valence electrons. The monoisotopic (exact) mass is 235 g/mol. The highest BCUT2D eigenvalue weighted by atomic mass is 16.3. The normalized spacial score (nSPS) is 30.6. The third-order valence-electron chi connectivity index (χ3n) is 4.34. The van der Waals surface area contributed by atoms with E-state index in [1.807, 2.05) is 6.07 Å². The maximum Gasteiger partial charge on any atom is 0.105 e. The third-order valence-corrected chi connectivity index (χ3v) is 4.34. The molecule has 0 spiro atoms. The molecule has 1 aliphatic rings. The highest BCUT2D eigenvalue weighted by molar-refractivity contribution is 5.00. The Hall–Kier alpha value is -0.760. The van der Waals surface area contributed by atoms with Crippen LogP contribution in [-0.2, 0) is 6.42 Å². The second-order valence-corrected chi connectivity index (χ2v) is 5.56. The smallest absolute Gasteiger partial charge is 0.105 e. The van der Waals surface area contributed by atoms with Crippen molar-refractivity contribution in [2.75, 3.05) is 0 Å². The summed E-state index contributed by atoms with van der Waals surface area (Å²) in [6.45, 7) is 6.97. The second-order valence-electron chi connectivity index (χ2n) is 5.56. The molecule has 0 saturated heterocycles. The van der Waals surface area contributed by atoms with Crippen LogP contribution in [0.15, 0.2) is 22.8 Å². The summed E-state index contributed by atoms with van der Waals surface area (Å²) >= 11 is 0. The first kappa shape index (κ1) is 12.7. The van der Waals surface area contributed by atoms with Crippen LogP contribution in [0.2, 0.25) is 0 Å². The van der Waals surface area contributed by atoms with Gasteiger partial charge in [-0.1, -0.05) is 20.3 Å². The highest BCUT2D eigenvalue weighted by Crippen LogP contribution is 2.34. The van der Waals surface area contributed by atoms with E-state index in [1.54, 1.807) is 6.26 Å². The van der Waals surface area contributed by atoms with Gasteiger partial charge in [-0.2, -0.15) is 0 Å². The zero-order chi connectivity index (χ0) is 12.3. The van der Waals surface area contributed by atoms with E-state index in [-0.39, 0.29) is 0 Å². The molecular formula is C15H25NO. The summed E-state index contributed by atoms with van der Waals surface area (Å²) in [6.07, 6.45) is 6.80. The van der Waals surface area contributed by atoms with Crippen molar-refractivity contribution in [1.29, 1.82) is 0 Å². The number of hydrogen-bond acceptors (Lipinski definition) is 2. The zero-order valence-electron chi connectivity index (χ0n) is 11.3. The molecule has 2 rings (SSSR count). The summed E-state index contributed by atoms with van der Waals surface area (Å²) in [5.74, 6) is 2.82. The van der Waals surface area contributed by atoms with Crippen molar-refractivity contribution in [2.45, 2.75) is 58.5 Å². The van der Waals surface area contributed by atoms with E-state index < -0.39 is 0 Å². The summed E-state index contributed by atoms with van der Waals surface area (Å²) in [5, 5.41) is 3.77. The van der Waals surface area contributed by atoms with Gasteiger partial charge in [-0.15, -0.1) is 0 Å². The van der Waals surface area contributed by atoms with Gasteiger partial charge in [0.2, 0.25) is 0 Å². The maximum absolute atomic E-state index is 5.40. The molecule has 0 bridgehead atoms. The van der Waals surface area contributed by atoms with E-state index in [0.717, 1.165) is 24.0 Å². The van der Waals surface area contributed by atoms with Gasteiger partial charge in [-0.3, -0.25) is 0 Å². The minimum atomic E-state index is 0.504. The Kier molecular flexibility index (Phi) is 4.27. The number of rotatable bonds is 5. The lowest BCUT2D eigenvalue weighted by molar-refractivity contribution is 0.319. The fourth-order valence-electron chi connectivity index (χ4n) is 3.21. The lowest BCUT2D eigenvalue weighted by Crippen LogP contribution is -2.40. The maximum atomic E-state index is 5.40. The van der Waals surface area contributed by atoms with Crippen molar-refractivity contribution in [2.24, 2.45) is 11.8 Å². The van der Waals surface area contributed by atoms with Crippen molar-refractivity contribution in [3.8, 4) is 0 Å². The van der Waals surface area contributed by atoms with Gasteiger partial charge in [0.15, 0.2) is 0 Å². The molecule has 4 unspecified atom stereocenters. The Bertz CT molecular complexity index is 320. The van der Waals surface area contributed by atoms with E-state index in [4.69, 9.17) is 4.42 Å². The molecule has 1 aromatic heterocycles. The fourth-order valence-corrected chi connectivity index (χ4v) is 3.21. The van der Waals surface area contributed by atoms with E-state index in [0.29, 0.717) is 12.1 Å². The molecule has 1 saturated carbocycles. The molecular weight excluding hydrogens is 210 g/mol. The van der Waals surface area contributed by atoms with Crippen LogP contribution in [0.3, 0.4) is 0 Å². The molecule has 0 radical (unpaired) electrons. The highest BCUT2D eigenvalue weighted by Gasteiger charge is 2.31. The van der Waals surface area contributed by atoms with Crippen LogP contribution in [0.5, 0.6) is 0 Å². The molecule has 1 N–H and O–H groups in total. The third kappa shape index (κ3) is 3.12. The van der Waals surface area contributed by atoms with Crippen molar-refractivity contribution in [3.05, 3.63) is 24.2 Å². The van der Waals surface area contributed by atoms with Gasteiger partial charge in [-0.25, -0.2) is 0 Å². The van der Waals surface area contributed by atoms with Crippen LogP contribution in [0.4, 0.5) is 0 Å². The van der Waals surface area contributed by atoms with E-state index >= 15 is 0 Å². The molecule has 1 aromatic rings. The Morgan fingerprint density at radius 2 is 2.29 bits per heavy atom. The van der Waals surface area contributed by atoms with Crippen LogP contribution in [0.1, 0.15) is 45.8 Å². The van der Waals surface area contributed by atoms with E-state index in [9.17, 15) is 0 Å². The number of furan rings is 1. The largest absolute Gasteiger partial charge is 0.469 e.